The lowest BCUT2D eigenvalue weighted by Gasteiger charge is -2.24. The number of fused-ring (bicyclic) bond motifs is 3. The molecule has 188 valence electrons. The number of carboxylic acids is 1. The Morgan fingerprint density at radius 1 is 1.08 bits per heavy atom. The average Bonchev–Trinajstić information content (AvgIpc) is 3.21. The zero-order valence-corrected chi connectivity index (χ0v) is 20.3. The molecule has 0 aliphatic carbocycles. The maximum absolute atomic E-state index is 14.5. The van der Waals surface area contributed by atoms with Crippen LogP contribution >= 0.6 is 11.6 Å². The van der Waals surface area contributed by atoms with Gasteiger partial charge in [0.1, 0.15) is 24.0 Å². The first-order valence-corrected chi connectivity index (χ1v) is 11.6. The van der Waals surface area contributed by atoms with Crippen molar-refractivity contribution in [1.29, 1.82) is 0 Å². The fraction of sp³-hybridized carbons (Fsp3) is 0.148. The number of benzene rings is 3. The summed E-state index contributed by atoms with van der Waals surface area (Å²) in [6.07, 6.45) is 0. The molecule has 10 heteroatoms. The molecule has 5 rings (SSSR count). The highest BCUT2D eigenvalue weighted by molar-refractivity contribution is 6.31. The van der Waals surface area contributed by atoms with Crippen molar-refractivity contribution in [3.05, 3.63) is 105 Å². The van der Waals surface area contributed by atoms with Crippen LogP contribution in [0.2, 0.25) is 5.02 Å². The van der Waals surface area contributed by atoms with Crippen molar-refractivity contribution in [2.75, 3.05) is 0 Å². The first kappa shape index (κ1) is 24.5. The van der Waals surface area contributed by atoms with Crippen LogP contribution < -0.4 is 4.74 Å². The zero-order valence-electron chi connectivity index (χ0n) is 19.5. The largest absolute Gasteiger partial charge is 0.488 e. The second-order valence-corrected chi connectivity index (χ2v) is 9.04. The number of hydrogen-bond acceptors (Lipinski definition) is 4. The predicted octanol–water partition coefficient (Wildman–Crippen LogP) is 5.45. The Labute approximate surface area is 215 Å². The van der Waals surface area contributed by atoms with Crippen LogP contribution in [0, 0.1) is 11.6 Å². The highest BCUT2D eigenvalue weighted by atomic mass is 35.5. The Bertz CT molecular complexity index is 1550. The van der Waals surface area contributed by atoms with Crippen LogP contribution in [0.4, 0.5) is 8.78 Å². The summed E-state index contributed by atoms with van der Waals surface area (Å²) in [6, 6.07) is 14.8. The van der Waals surface area contributed by atoms with Crippen molar-refractivity contribution in [3.63, 3.8) is 0 Å². The molecule has 3 aromatic carbocycles. The van der Waals surface area contributed by atoms with E-state index in [0.29, 0.717) is 33.2 Å². The number of aromatic carboxylic acids is 1. The molecule has 0 radical (unpaired) electrons. The summed E-state index contributed by atoms with van der Waals surface area (Å²) in [7, 11) is 1.70. The van der Waals surface area contributed by atoms with Crippen molar-refractivity contribution in [2.24, 2.45) is 7.05 Å². The fourth-order valence-corrected chi connectivity index (χ4v) is 4.58. The molecule has 0 fully saturated rings. The van der Waals surface area contributed by atoms with E-state index < -0.39 is 29.1 Å². The molecule has 1 aliphatic rings. The monoisotopic (exact) mass is 523 g/mol. The molecule has 0 spiro atoms. The molecule has 7 nitrogen and oxygen atoms in total. The van der Waals surface area contributed by atoms with E-state index in [2.05, 4.69) is 5.10 Å². The van der Waals surface area contributed by atoms with Crippen molar-refractivity contribution in [1.82, 2.24) is 14.7 Å². The van der Waals surface area contributed by atoms with Crippen LogP contribution in [0.5, 0.6) is 5.75 Å². The molecule has 1 aliphatic heterocycles. The number of ether oxygens (including phenoxy) is 1. The van der Waals surface area contributed by atoms with Crippen LogP contribution in [0.15, 0.2) is 60.7 Å². The van der Waals surface area contributed by atoms with Gasteiger partial charge in [-0.05, 0) is 42.0 Å². The van der Waals surface area contributed by atoms with E-state index in [0.717, 1.165) is 12.1 Å². The highest BCUT2D eigenvalue weighted by Crippen LogP contribution is 2.40. The number of halogens is 3. The standard InChI is InChI=1S/C27H20ClF2N3O4/c1-32-25-19-11-17(28)7-9-23(19)37-14-20(25)24(31-32)26(34)33(13-16-4-2-3-5-21(16)29)12-15-6-8-18(27(35)36)22(30)10-15/h2-11H,12-14H2,1H3,(H,35,36). The first-order chi connectivity index (χ1) is 17.7. The first-order valence-electron chi connectivity index (χ1n) is 11.3. The third-order valence-corrected chi connectivity index (χ3v) is 6.40. The van der Waals surface area contributed by atoms with Crippen LogP contribution in [-0.4, -0.2) is 31.7 Å². The van der Waals surface area contributed by atoms with Crippen molar-refractivity contribution < 1.29 is 28.2 Å². The molecule has 1 amide bonds. The smallest absolute Gasteiger partial charge is 0.338 e. The lowest BCUT2D eigenvalue weighted by molar-refractivity contribution is 0.0687. The lowest BCUT2D eigenvalue weighted by atomic mass is 10.0. The number of carbonyl (C=O) groups excluding carboxylic acids is 1. The molecule has 0 atom stereocenters. The van der Waals surface area contributed by atoms with Gasteiger partial charge < -0.3 is 14.7 Å². The number of rotatable bonds is 6. The van der Waals surface area contributed by atoms with Gasteiger partial charge >= 0.3 is 5.97 Å². The van der Waals surface area contributed by atoms with E-state index in [-0.39, 0.29) is 31.0 Å². The maximum Gasteiger partial charge on any atom is 0.338 e. The molecule has 0 saturated heterocycles. The average molecular weight is 524 g/mol. The van der Waals surface area contributed by atoms with Gasteiger partial charge in [-0.3, -0.25) is 9.48 Å². The number of nitrogens with zero attached hydrogens (tertiary/aromatic N) is 3. The topological polar surface area (TPSA) is 84.7 Å². The van der Waals surface area contributed by atoms with Crippen molar-refractivity contribution in [2.45, 2.75) is 19.7 Å². The molecule has 0 bridgehead atoms. The zero-order chi connectivity index (χ0) is 26.3. The Balaban J connectivity index is 1.55. The summed E-state index contributed by atoms with van der Waals surface area (Å²) < 4.78 is 36.3. The molecular weight excluding hydrogens is 504 g/mol. The SMILES string of the molecule is Cn1nc(C(=O)N(Cc2ccc(C(=O)O)c(F)c2)Cc2ccccc2F)c2c1-c1cc(Cl)ccc1OC2. The highest BCUT2D eigenvalue weighted by Gasteiger charge is 2.31. The molecule has 4 aromatic rings. The fourth-order valence-electron chi connectivity index (χ4n) is 4.41. The van der Waals surface area contributed by atoms with Gasteiger partial charge in [0.05, 0.1) is 11.3 Å². The van der Waals surface area contributed by atoms with E-state index in [4.69, 9.17) is 21.4 Å². The Hall–Kier alpha value is -4.24. The lowest BCUT2D eigenvalue weighted by Crippen LogP contribution is -2.32. The molecular formula is C27H20ClF2N3O4. The van der Waals surface area contributed by atoms with Gasteiger partial charge in [0.2, 0.25) is 0 Å². The van der Waals surface area contributed by atoms with Crippen LogP contribution in [0.1, 0.15) is 37.5 Å². The maximum atomic E-state index is 14.5. The summed E-state index contributed by atoms with van der Waals surface area (Å²) >= 11 is 6.19. The summed E-state index contributed by atoms with van der Waals surface area (Å²) in [5, 5.41) is 14.1. The molecule has 2 heterocycles. The third-order valence-electron chi connectivity index (χ3n) is 6.16. The summed E-state index contributed by atoms with van der Waals surface area (Å²) in [6.45, 7) is -0.143. The molecule has 0 unspecified atom stereocenters. The quantitative estimate of drug-likeness (QED) is 0.363. The van der Waals surface area contributed by atoms with Crippen LogP contribution in [-0.2, 0) is 26.7 Å². The van der Waals surface area contributed by atoms with Gasteiger partial charge in [-0.2, -0.15) is 5.10 Å². The summed E-state index contributed by atoms with van der Waals surface area (Å²) in [5.74, 6) is -2.74. The van der Waals surface area contributed by atoms with Crippen LogP contribution in [0.25, 0.3) is 11.3 Å². The molecule has 0 saturated carbocycles. The number of carboxylic acid groups (broad SMARTS) is 1. The van der Waals surface area contributed by atoms with Crippen molar-refractivity contribution >= 4 is 23.5 Å². The summed E-state index contributed by atoms with van der Waals surface area (Å²) in [4.78, 5) is 26.4. The van der Waals surface area contributed by atoms with E-state index in [1.807, 2.05) is 0 Å². The summed E-state index contributed by atoms with van der Waals surface area (Å²) in [5.41, 5.74) is 2.14. The molecule has 37 heavy (non-hydrogen) atoms. The van der Waals surface area contributed by atoms with E-state index in [1.165, 1.54) is 17.0 Å². The number of aromatic nitrogens is 2. The van der Waals surface area contributed by atoms with Gasteiger partial charge in [0, 0.05) is 41.9 Å². The Morgan fingerprint density at radius 3 is 2.59 bits per heavy atom. The van der Waals surface area contributed by atoms with Gasteiger partial charge in [-0.15, -0.1) is 0 Å². The predicted molar refractivity (Wildman–Crippen MR) is 131 cm³/mol. The number of amides is 1. The number of hydrogen-bond donors (Lipinski definition) is 1. The van der Waals surface area contributed by atoms with Gasteiger partial charge in [-0.25, -0.2) is 13.6 Å². The minimum Gasteiger partial charge on any atom is -0.488 e. The number of carbonyl (C=O) groups is 2. The second-order valence-electron chi connectivity index (χ2n) is 8.60. The van der Waals surface area contributed by atoms with Crippen LogP contribution in [0.3, 0.4) is 0 Å². The third kappa shape index (κ3) is 4.65. The van der Waals surface area contributed by atoms with E-state index in [9.17, 15) is 18.4 Å². The van der Waals surface area contributed by atoms with E-state index >= 15 is 0 Å². The van der Waals surface area contributed by atoms with Gasteiger partial charge in [-0.1, -0.05) is 35.9 Å². The van der Waals surface area contributed by atoms with Gasteiger partial charge in [0.25, 0.3) is 5.91 Å². The second kappa shape index (κ2) is 9.67. The normalized spacial score (nSPS) is 11.9. The minimum absolute atomic E-state index is 0.0916. The Morgan fingerprint density at radius 2 is 1.86 bits per heavy atom. The van der Waals surface area contributed by atoms with E-state index in [1.54, 1.807) is 48.1 Å². The van der Waals surface area contributed by atoms with Crippen molar-refractivity contribution in [3.8, 4) is 17.0 Å². The molecule has 1 N–H and O–H groups in total. The molecule has 1 aromatic heterocycles. The Kier molecular flexibility index (Phi) is 6.39. The van der Waals surface area contributed by atoms with Gasteiger partial charge in [0.15, 0.2) is 5.69 Å². The minimum atomic E-state index is -1.40. The number of aryl methyl sites for hydroxylation is 1.